The molecular weight excluding hydrogens is 465 g/mol. The molecule has 10 heteroatoms. The Morgan fingerprint density at radius 2 is 1.97 bits per heavy atom. The van der Waals surface area contributed by atoms with Crippen molar-refractivity contribution >= 4 is 17.9 Å². The maximum atomic E-state index is 13.4. The van der Waals surface area contributed by atoms with E-state index in [9.17, 15) is 24.0 Å². The highest BCUT2D eigenvalue weighted by Crippen LogP contribution is 2.38. The van der Waals surface area contributed by atoms with Crippen LogP contribution in [0.25, 0.3) is 0 Å². The van der Waals surface area contributed by atoms with Gasteiger partial charge >= 0.3 is 6.09 Å². The average Bonchev–Trinajstić information content (AvgIpc) is 3.51. The van der Waals surface area contributed by atoms with Crippen LogP contribution in [0.4, 0.5) is 9.18 Å². The third-order valence-corrected chi connectivity index (χ3v) is 7.18. The topological polar surface area (TPSA) is 106 Å². The average molecular weight is 500 g/mol. The Morgan fingerprint density at radius 1 is 1.28 bits per heavy atom. The van der Waals surface area contributed by atoms with Crippen molar-refractivity contribution in [3.8, 4) is 6.07 Å². The van der Waals surface area contributed by atoms with Crippen LogP contribution >= 0.6 is 0 Å². The molecule has 3 heterocycles. The molecule has 3 aliphatic rings. The molecule has 9 nitrogen and oxygen atoms in total. The minimum absolute atomic E-state index is 0.0392. The molecule has 36 heavy (non-hydrogen) atoms. The number of halogens is 1. The normalized spacial score (nSPS) is 25.6. The molecule has 4 rings (SSSR count). The fourth-order valence-electron chi connectivity index (χ4n) is 5.54. The minimum atomic E-state index is -0.941. The zero-order chi connectivity index (χ0) is 26.2. The van der Waals surface area contributed by atoms with Crippen molar-refractivity contribution in [2.75, 3.05) is 19.6 Å². The van der Waals surface area contributed by atoms with Crippen molar-refractivity contribution in [2.45, 2.75) is 82.8 Å². The SMILES string of the molecule is C[C@@H](c1ccc(F)cc1)N1C(=O)[C@H]2C[C@@H]1CN2C[C@H](NC(=O)OC(C)(C)C)C(=O)N1CCC[C@H]1C#N. The summed E-state index contributed by atoms with van der Waals surface area (Å²) in [4.78, 5) is 44.6. The lowest BCUT2D eigenvalue weighted by Gasteiger charge is -2.39. The molecule has 3 saturated heterocycles. The Hall–Kier alpha value is -3.19. The fraction of sp³-hybridized carbons (Fsp3) is 0.615. The van der Waals surface area contributed by atoms with E-state index in [4.69, 9.17) is 4.74 Å². The number of nitrogens with one attached hydrogen (secondary N) is 1. The number of ether oxygens (including phenoxy) is 1. The number of nitrogens with zero attached hydrogens (tertiary/aromatic N) is 4. The molecule has 194 valence electrons. The van der Waals surface area contributed by atoms with Crippen LogP contribution in [0.15, 0.2) is 24.3 Å². The molecule has 2 bridgehead atoms. The number of hydrogen-bond acceptors (Lipinski definition) is 6. The summed E-state index contributed by atoms with van der Waals surface area (Å²) in [5.41, 5.74) is 0.125. The Bertz CT molecular complexity index is 1050. The number of rotatable bonds is 6. The molecule has 0 radical (unpaired) electrons. The Kier molecular flexibility index (Phi) is 7.23. The van der Waals surface area contributed by atoms with Crippen molar-refractivity contribution in [3.63, 3.8) is 0 Å². The van der Waals surface area contributed by atoms with E-state index in [1.807, 2.05) is 16.7 Å². The first-order chi connectivity index (χ1) is 17.0. The smallest absolute Gasteiger partial charge is 0.408 e. The summed E-state index contributed by atoms with van der Waals surface area (Å²) in [6.07, 6.45) is 1.25. The van der Waals surface area contributed by atoms with Gasteiger partial charge < -0.3 is 19.9 Å². The Labute approximate surface area is 211 Å². The van der Waals surface area contributed by atoms with Crippen LogP contribution in [0.2, 0.25) is 0 Å². The molecule has 1 N–H and O–H groups in total. The quantitative estimate of drug-likeness (QED) is 0.645. The van der Waals surface area contributed by atoms with E-state index in [2.05, 4.69) is 11.4 Å². The van der Waals surface area contributed by atoms with Crippen LogP contribution < -0.4 is 5.32 Å². The van der Waals surface area contributed by atoms with Gasteiger partial charge in [-0.1, -0.05) is 12.1 Å². The highest BCUT2D eigenvalue weighted by atomic mass is 19.1. The molecule has 0 aliphatic carbocycles. The standard InChI is InChI=1S/C26H34FN5O4/c1-16(17-7-9-18(27)10-8-17)32-20-12-22(24(32)34)30(14-20)15-21(29-25(35)36-26(2,3)4)23(33)31-11-5-6-19(31)13-28/h7-10,16,19-22H,5-6,11-12,14-15H2,1-4H3,(H,29,35)/t16-,19-,20+,21-,22+/m0/s1. The molecule has 3 fully saturated rings. The number of amides is 3. The third kappa shape index (κ3) is 5.31. The summed E-state index contributed by atoms with van der Waals surface area (Å²) < 4.78 is 18.7. The number of alkyl carbamates (subject to hydrolysis) is 1. The molecule has 3 aliphatic heterocycles. The minimum Gasteiger partial charge on any atom is -0.444 e. The molecule has 0 unspecified atom stereocenters. The van der Waals surface area contributed by atoms with Crippen LogP contribution in [0.5, 0.6) is 0 Å². The third-order valence-electron chi connectivity index (χ3n) is 7.18. The van der Waals surface area contributed by atoms with E-state index < -0.39 is 29.8 Å². The first kappa shape index (κ1) is 25.9. The monoisotopic (exact) mass is 499 g/mol. The Morgan fingerprint density at radius 3 is 2.58 bits per heavy atom. The molecule has 3 amide bonds. The second-order valence-electron chi connectivity index (χ2n) is 10.8. The van der Waals surface area contributed by atoms with Crippen LogP contribution in [-0.2, 0) is 14.3 Å². The first-order valence-corrected chi connectivity index (χ1v) is 12.5. The molecule has 5 atom stereocenters. The number of benzene rings is 1. The molecular formula is C26H34FN5O4. The van der Waals surface area contributed by atoms with Crippen LogP contribution in [0.3, 0.4) is 0 Å². The van der Waals surface area contributed by atoms with Crippen molar-refractivity contribution in [3.05, 3.63) is 35.6 Å². The van der Waals surface area contributed by atoms with Gasteiger partial charge in [0.2, 0.25) is 11.8 Å². The highest BCUT2D eigenvalue weighted by molar-refractivity contribution is 5.88. The Balaban J connectivity index is 1.47. The van der Waals surface area contributed by atoms with E-state index in [0.29, 0.717) is 25.9 Å². The van der Waals surface area contributed by atoms with E-state index >= 15 is 0 Å². The van der Waals surface area contributed by atoms with Gasteiger partial charge in [-0.05, 0) is 64.7 Å². The maximum absolute atomic E-state index is 13.4. The largest absolute Gasteiger partial charge is 0.444 e. The van der Waals surface area contributed by atoms with Crippen molar-refractivity contribution in [2.24, 2.45) is 0 Å². The summed E-state index contributed by atoms with van der Waals surface area (Å²) in [5, 5.41) is 12.2. The number of fused-ring (bicyclic) bond motifs is 2. The van der Waals surface area contributed by atoms with Gasteiger partial charge in [0.25, 0.3) is 0 Å². The summed E-state index contributed by atoms with van der Waals surface area (Å²) >= 11 is 0. The summed E-state index contributed by atoms with van der Waals surface area (Å²) in [5.74, 6) is -0.699. The lowest BCUT2D eigenvalue weighted by molar-refractivity contribution is -0.141. The van der Waals surface area contributed by atoms with Crippen LogP contribution in [0.1, 0.15) is 58.6 Å². The van der Waals surface area contributed by atoms with Crippen molar-refractivity contribution in [1.82, 2.24) is 20.0 Å². The van der Waals surface area contributed by atoms with Gasteiger partial charge in [0.05, 0.1) is 18.2 Å². The highest BCUT2D eigenvalue weighted by Gasteiger charge is 2.52. The summed E-state index contributed by atoms with van der Waals surface area (Å²) in [7, 11) is 0. The van der Waals surface area contributed by atoms with Gasteiger partial charge in [-0.2, -0.15) is 5.26 Å². The number of carbonyl (C=O) groups excluding carboxylic acids is 3. The first-order valence-electron chi connectivity index (χ1n) is 12.5. The van der Waals surface area contributed by atoms with Crippen LogP contribution in [0, 0.1) is 17.1 Å². The number of nitriles is 1. The predicted octanol–water partition coefficient (Wildman–Crippen LogP) is 2.58. The van der Waals surface area contributed by atoms with Crippen molar-refractivity contribution < 1.29 is 23.5 Å². The van der Waals surface area contributed by atoms with E-state index in [-0.39, 0.29) is 36.3 Å². The van der Waals surface area contributed by atoms with Gasteiger partial charge in [-0.15, -0.1) is 0 Å². The summed E-state index contributed by atoms with van der Waals surface area (Å²) in [6.45, 7) is 8.32. The number of piperazine rings is 1. The van der Waals surface area contributed by atoms with Gasteiger partial charge in [0.1, 0.15) is 23.5 Å². The second-order valence-corrected chi connectivity index (χ2v) is 10.8. The van der Waals surface area contributed by atoms with E-state index in [0.717, 1.165) is 12.0 Å². The number of likely N-dealkylation sites (tertiary alicyclic amines) is 3. The predicted molar refractivity (Wildman–Crippen MR) is 129 cm³/mol. The van der Waals surface area contributed by atoms with Gasteiger partial charge in [0.15, 0.2) is 0 Å². The zero-order valence-electron chi connectivity index (χ0n) is 21.2. The summed E-state index contributed by atoms with van der Waals surface area (Å²) in [6, 6.07) is 6.23. The van der Waals surface area contributed by atoms with Crippen molar-refractivity contribution in [1.29, 1.82) is 5.26 Å². The molecule has 0 spiro atoms. The number of hydrogen-bond donors (Lipinski definition) is 1. The lowest BCUT2D eigenvalue weighted by Crippen LogP contribution is -2.59. The van der Waals surface area contributed by atoms with E-state index in [1.54, 1.807) is 32.9 Å². The fourth-order valence-corrected chi connectivity index (χ4v) is 5.54. The van der Waals surface area contributed by atoms with Gasteiger partial charge in [-0.3, -0.25) is 14.5 Å². The van der Waals surface area contributed by atoms with Gasteiger partial charge in [-0.25, -0.2) is 9.18 Å². The van der Waals surface area contributed by atoms with Crippen LogP contribution in [-0.4, -0.2) is 82.0 Å². The second kappa shape index (κ2) is 10.1. The molecule has 0 saturated carbocycles. The van der Waals surface area contributed by atoms with E-state index in [1.165, 1.54) is 17.0 Å². The molecule has 1 aromatic rings. The molecule has 1 aromatic carbocycles. The number of carbonyl (C=O) groups is 3. The molecule has 0 aromatic heterocycles. The van der Waals surface area contributed by atoms with Gasteiger partial charge in [0, 0.05) is 25.7 Å². The lowest BCUT2D eigenvalue weighted by atomic mass is 10.1. The zero-order valence-corrected chi connectivity index (χ0v) is 21.2. The maximum Gasteiger partial charge on any atom is 0.408 e.